The summed E-state index contributed by atoms with van der Waals surface area (Å²) in [4.78, 5) is 16.9. The smallest absolute Gasteiger partial charge is 0.341 e. The Morgan fingerprint density at radius 1 is 0.919 bits per heavy atom. The summed E-state index contributed by atoms with van der Waals surface area (Å²) in [5.41, 5.74) is 7.65. The lowest BCUT2D eigenvalue weighted by molar-refractivity contribution is 0.0595. The van der Waals surface area contributed by atoms with E-state index in [1.165, 1.54) is 7.11 Å². The van der Waals surface area contributed by atoms with E-state index in [4.69, 9.17) is 26.1 Å². The molecule has 0 amide bonds. The van der Waals surface area contributed by atoms with Gasteiger partial charge in [-0.2, -0.15) is 0 Å². The van der Waals surface area contributed by atoms with Gasteiger partial charge in [-0.15, -0.1) is 0 Å². The molecule has 0 unspecified atom stereocenters. The van der Waals surface area contributed by atoms with Crippen LogP contribution in [0, 0.1) is 13.8 Å². The number of aryl methyl sites for hydroxylation is 2. The molecule has 5 aromatic rings. The number of carbonyl (C=O) groups is 1. The van der Waals surface area contributed by atoms with Crippen molar-refractivity contribution in [1.82, 2.24) is 9.55 Å². The second-order valence-electron chi connectivity index (χ2n) is 8.97. The highest BCUT2D eigenvalue weighted by atomic mass is 35.5. The van der Waals surface area contributed by atoms with Crippen LogP contribution in [0.4, 0.5) is 0 Å². The Balaban J connectivity index is 1.44. The van der Waals surface area contributed by atoms with Crippen molar-refractivity contribution in [3.63, 3.8) is 0 Å². The molecule has 5 nitrogen and oxygen atoms in total. The summed E-state index contributed by atoms with van der Waals surface area (Å²) in [6, 6.07) is 27.7. The van der Waals surface area contributed by atoms with Gasteiger partial charge in [-0.3, -0.25) is 0 Å². The second-order valence-corrected chi connectivity index (χ2v) is 9.38. The third kappa shape index (κ3) is 5.09. The van der Waals surface area contributed by atoms with Gasteiger partial charge in [-0.25, -0.2) is 9.78 Å². The van der Waals surface area contributed by atoms with Gasteiger partial charge in [0, 0.05) is 5.02 Å². The average molecular weight is 511 g/mol. The van der Waals surface area contributed by atoms with E-state index in [9.17, 15) is 4.79 Å². The van der Waals surface area contributed by atoms with Crippen LogP contribution in [-0.4, -0.2) is 22.6 Å². The molecule has 1 heterocycles. The first-order chi connectivity index (χ1) is 17.9. The second kappa shape index (κ2) is 10.5. The molecule has 0 aliphatic carbocycles. The number of benzene rings is 4. The lowest BCUT2D eigenvalue weighted by atomic mass is 10.0. The Morgan fingerprint density at radius 3 is 2.43 bits per heavy atom. The normalized spacial score (nSPS) is 11.0. The fraction of sp³-hybridized carbons (Fsp3) is 0.161. The molecule has 1 aromatic heterocycles. The summed E-state index contributed by atoms with van der Waals surface area (Å²) in [7, 11) is 1.36. The summed E-state index contributed by atoms with van der Waals surface area (Å²) in [5, 5.41) is 0.721. The van der Waals surface area contributed by atoms with Crippen LogP contribution in [0.5, 0.6) is 5.75 Å². The third-order valence-corrected chi connectivity index (χ3v) is 6.82. The first kappa shape index (κ1) is 24.6. The SMILES string of the molecule is COC(=O)c1ccccc1OCc1cc(C)c2nc(C)n(Cc3ccc(-c4ccccc4)cc3Cl)c2c1. The maximum absolute atomic E-state index is 12.1. The first-order valence-electron chi connectivity index (χ1n) is 12.0. The monoisotopic (exact) mass is 510 g/mol. The lowest BCUT2D eigenvalue weighted by Crippen LogP contribution is -2.06. The van der Waals surface area contributed by atoms with Crippen molar-refractivity contribution < 1.29 is 14.3 Å². The van der Waals surface area contributed by atoms with Crippen LogP contribution in [0.2, 0.25) is 5.02 Å². The van der Waals surface area contributed by atoms with Crippen molar-refractivity contribution >= 4 is 28.6 Å². The fourth-order valence-electron chi connectivity index (χ4n) is 4.55. The van der Waals surface area contributed by atoms with Gasteiger partial charge in [0.25, 0.3) is 0 Å². The predicted molar refractivity (Wildman–Crippen MR) is 147 cm³/mol. The largest absolute Gasteiger partial charge is 0.488 e. The molecule has 0 atom stereocenters. The number of aromatic nitrogens is 2. The molecule has 0 aliphatic rings. The van der Waals surface area contributed by atoms with Gasteiger partial charge in [0.05, 0.1) is 24.7 Å². The molecule has 0 fully saturated rings. The Labute approximate surface area is 221 Å². The zero-order chi connectivity index (χ0) is 25.9. The van der Waals surface area contributed by atoms with Crippen LogP contribution in [0.1, 0.15) is 32.9 Å². The Bertz CT molecular complexity index is 1590. The summed E-state index contributed by atoms with van der Waals surface area (Å²) in [6.07, 6.45) is 0. The average Bonchev–Trinajstić information content (AvgIpc) is 3.24. The molecule has 0 spiro atoms. The van der Waals surface area contributed by atoms with Crippen molar-refractivity contribution in [2.45, 2.75) is 27.0 Å². The van der Waals surface area contributed by atoms with Crippen LogP contribution < -0.4 is 4.74 Å². The number of imidazole rings is 1. The number of halogens is 1. The maximum Gasteiger partial charge on any atom is 0.341 e. The van der Waals surface area contributed by atoms with Crippen molar-refractivity contribution in [2.75, 3.05) is 7.11 Å². The van der Waals surface area contributed by atoms with Gasteiger partial charge in [0.1, 0.15) is 23.7 Å². The van der Waals surface area contributed by atoms with E-state index in [0.29, 0.717) is 24.5 Å². The van der Waals surface area contributed by atoms with E-state index in [1.54, 1.807) is 18.2 Å². The van der Waals surface area contributed by atoms with Gasteiger partial charge in [-0.05, 0) is 65.9 Å². The number of carbonyl (C=O) groups excluding carboxylic acids is 1. The van der Waals surface area contributed by atoms with Gasteiger partial charge < -0.3 is 14.0 Å². The highest BCUT2D eigenvalue weighted by Gasteiger charge is 2.15. The molecular formula is C31H27ClN2O3. The van der Waals surface area contributed by atoms with Crippen LogP contribution in [0.15, 0.2) is 84.9 Å². The molecule has 0 saturated carbocycles. The maximum atomic E-state index is 12.1. The zero-order valence-electron chi connectivity index (χ0n) is 21.0. The van der Waals surface area contributed by atoms with Crippen molar-refractivity contribution in [3.8, 4) is 16.9 Å². The standard InChI is InChI=1S/C31H27ClN2O3/c1-20-15-22(19-37-29-12-8-7-11-26(29)31(35)36-3)16-28-30(20)33-21(2)34(28)18-25-14-13-24(17-27(25)32)23-9-5-4-6-10-23/h4-17H,18-19H2,1-3H3. The molecule has 4 aromatic carbocycles. The van der Waals surface area contributed by atoms with Crippen molar-refractivity contribution in [2.24, 2.45) is 0 Å². The quantitative estimate of drug-likeness (QED) is 0.214. The Kier molecular flexibility index (Phi) is 6.97. The molecule has 5 rings (SSSR count). The topological polar surface area (TPSA) is 53.4 Å². The summed E-state index contributed by atoms with van der Waals surface area (Å²) >= 11 is 6.74. The first-order valence-corrected chi connectivity index (χ1v) is 12.4. The zero-order valence-corrected chi connectivity index (χ0v) is 21.8. The Morgan fingerprint density at radius 2 is 1.68 bits per heavy atom. The van der Waals surface area contributed by atoms with Crippen LogP contribution in [0.3, 0.4) is 0 Å². The number of nitrogens with zero attached hydrogens (tertiary/aromatic N) is 2. The third-order valence-electron chi connectivity index (χ3n) is 6.47. The van der Waals surface area contributed by atoms with E-state index >= 15 is 0 Å². The van der Waals surface area contributed by atoms with Gasteiger partial charge in [0.2, 0.25) is 0 Å². The molecule has 0 aliphatic heterocycles. The summed E-state index contributed by atoms with van der Waals surface area (Å²) < 4.78 is 13.1. The number of esters is 1. The number of hydrogen-bond donors (Lipinski definition) is 0. The van der Waals surface area contributed by atoms with Crippen LogP contribution in [0.25, 0.3) is 22.2 Å². The molecule has 0 saturated heterocycles. The van der Waals surface area contributed by atoms with E-state index < -0.39 is 5.97 Å². The highest BCUT2D eigenvalue weighted by Crippen LogP contribution is 2.29. The molecule has 6 heteroatoms. The number of hydrogen-bond acceptors (Lipinski definition) is 4. The molecule has 0 bridgehead atoms. The van der Waals surface area contributed by atoms with Crippen molar-refractivity contribution in [1.29, 1.82) is 0 Å². The fourth-order valence-corrected chi connectivity index (χ4v) is 4.79. The minimum absolute atomic E-state index is 0.307. The minimum atomic E-state index is -0.425. The van der Waals surface area contributed by atoms with E-state index in [-0.39, 0.29) is 0 Å². The number of rotatable bonds is 7. The highest BCUT2D eigenvalue weighted by molar-refractivity contribution is 6.31. The molecule has 186 valence electrons. The minimum Gasteiger partial charge on any atom is -0.488 e. The lowest BCUT2D eigenvalue weighted by Gasteiger charge is -2.13. The summed E-state index contributed by atoms with van der Waals surface area (Å²) in [5.74, 6) is 0.976. The Hall–Kier alpha value is -4.09. The predicted octanol–water partition coefficient (Wildman–Crippen LogP) is 7.39. The van der Waals surface area contributed by atoms with Crippen LogP contribution in [-0.2, 0) is 17.9 Å². The van der Waals surface area contributed by atoms with Crippen LogP contribution >= 0.6 is 11.6 Å². The number of para-hydroxylation sites is 1. The van der Waals surface area contributed by atoms with E-state index in [1.807, 2.05) is 44.2 Å². The molecular weight excluding hydrogens is 484 g/mol. The summed E-state index contributed by atoms with van der Waals surface area (Å²) in [6.45, 7) is 4.97. The van der Waals surface area contributed by atoms with Gasteiger partial charge in [-0.1, -0.05) is 72.3 Å². The molecule has 0 N–H and O–H groups in total. The molecule has 0 radical (unpaired) electrons. The number of methoxy groups -OCH3 is 1. The number of fused-ring (bicyclic) bond motifs is 1. The number of ether oxygens (including phenoxy) is 2. The van der Waals surface area contributed by atoms with E-state index in [2.05, 4.69) is 41.0 Å². The van der Waals surface area contributed by atoms with Gasteiger partial charge in [0.15, 0.2) is 0 Å². The van der Waals surface area contributed by atoms with Gasteiger partial charge >= 0.3 is 5.97 Å². The van der Waals surface area contributed by atoms with Crippen molar-refractivity contribution in [3.05, 3.63) is 118 Å². The molecule has 37 heavy (non-hydrogen) atoms. The van der Waals surface area contributed by atoms with E-state index in [0.717, 1.165) is 49.7 Å².